The number of fused-ring (bicyclic) bond motifs is 7. The van der Waals surface area contributed by atoms with E-state index in [4.69, 9.17) is 4.74 Å². The van der Waals surface area contributed by atoms with Crippen molar-refractivity contribution in [2.24, 2.45) is 0 Å². The van der Waals surface area contributed by atoms with E-state index in [0.717, 1.165) is 24.3 Å². The molecule has 3 aliphatic rings. The van der Waals surface area contributed by atoms with Gasteiger partial charge in [0.05, 0.1) is 5.52 Å². The highest BCUT2D eigenvalue weighted by atomic mass is 16.5. The molecule has 3 heterocycles. The van der Waals surface area contributed by atoms with Crippen LogP contribution in [0.3, 0.4) is 0 Å². The third kappa shape index (κ3) is 3.11. The van der Waals surface area contributed by atoms with Gasteiger partial charge in [-0.2, -0.15) is 0 Å². The van der Waals surface area contributed by atoms with E-state index in [-0.39, 0.29) is 12.1 Å². The quantitative estimate of drug-likeness (QED) is 0.216. The van der Waals surface area contributed by atoms with Crippen molar-refractivity contribution in [3.05, 3.63) is 143 Å². The van der Waals surface area contributed by atoms with Gasteiger partial charge in [0.15, 0.2) is 0 Å². The molecule has 0 saturated heterocycles. The summed E-state index contributed by atoms with van der Waals surface area (Å²) in [5.41, 5.74) is 13.5. The van der Waals surface area contributed by atoms with E-state index in [1.807, 2.05) is 0 Å². The van der Waals surface area contributed by atoms with E-state index in [1.54, 1.807) is 0 Å². The van der Waals surface area contributed by atoms with Crippen LogP contribution in [0.25, 0.3) is 16.6 Å². The minimum Gasteiger partial charge on any atom is -0.458 e. The maximum absolute atomic E-state index is 6.78. The van der Waals surface area contributed by atoms with Crippen molar-refractivity contribution in [1.29, 1.82) is 0 Å². The molecule has 0 fully saturated rings. The molecule has 0 amide bonds. The molecule has 2 aliphatic heterocycles. The lowest BCUT2D eigenvalue weighted by molar-refractivity contribution is 0.483. The molecule has 0 bridgehead atoms. The SMILES string of the molecule is CCC1(c2ccccc2)c2ccccc2B2c3cc(-n4c5c(c6ccccc64)CCCC5)ccc3Oc3cccc1c32. The second kappa shape index (κ2) is 9.00. The first-order valence-electron chi connectivity index (χ1n) is 15.5. The Morgan fingerprint density at radius 2 is 1.50 bits per heavy atom. The average molecular weight is 542 g/mol. The van der Waals surface area contributed by atoms with Crippen LogP contribution in [0, 0.1) is 0 Å². The van der Waals surface area contributed by atoms with Gasteiger partial charge < -0.3 is 9.30 Å². The van der Waals surface area contributed by atoms with Crippen LogP contribution in [-0.2, 0) is 18.3 Å². The van der Waals surface area contributed by atoms with Crippen LogP contribution in [0.5, 0.6) is 11.5 Å². The van der Waals surface area contributed by atoms with E-state index >= 15 is 0 Å². The molecule has 5 aromatic carbocycles. The lowest BCUT2D eigenvalue weighted by Gasteiger charge is -2.45. The molecule has 3 heteroatoms. The van der Waals surface area contributed by atoms with Gasteiger partial charge in [0.25, 0.3) is 6.71 Å². The van der Waals surface area contributed by atoms with Gasteiger partial charge in [-0.15, -0.1) is 0 Å². The highest BCUT2D eigenvalue weighted by Crippen LogP contribution is 2.45. The molecular formula is C39H32BNO. The number of rotatable bonds is 3. The summed E-state index contributed by atoms with van der Waals surface area (Å²) in [6.45, 7) is 2.46. The lowest BCUT2D eigenvalue weighted by atomic mass is 9.30. The molecule has 2 nitrogen and oxygen atoms in total. The fourth-order valence-corrected chi connectivity index (χ4v) is 8.59. The summed E-state index contributed by atoms with van der Waals surface area (Å²) in [7, 11) is 0. The normalized spacial score (nSPS) is 18.1. The summed E-state index contributed by atoms with van der Waals surface area (Å²) < 4.78 is 9.32. The van der Waals surface area contributed by atoms with Crippen molar-refractivity contribution in [2.45, 2.75) is 44.4 Å². The maximum atomic E-state index is 6.78. The molecule has 0 N–H and O–H groups in total. The van der Waals surface area contributed by atoms with Gasteiger partial charge >= 0.3 is 0 Å². The maximum Gasteiger partial charge on any atom is 0.251 e. The van der Waals surface area contributed by atoms with Crippen molar-refractivity contribution >= 4 is 34.0 Å². The van der Waals surface area contributed by atoms with Gasteiger partial charge in [0.1, 0.15) is 11.5 Å². The Morgan fingerprint density at radius 3 is 2.40 bits per heavy atom. The zero-order chi connectivity index (χ0) is 27.8. The first-order chi connectivity index (χ1) is 20.8. The van der Waals surface area contributed by atoms with Crippen molar-refractivity contribution < 1.29 is 4.74 Å². The molecule has 9 rings (SSSR count). The van der Waals surface area contributed by atoms with Gasteiger partial charge in [0, 0.05) is 22.2 Å². The number of nitrogens with zero attached hydrogens (tertiary/aromatic N) is 1. The van der Waals surface area contributed by atoms with Crippen LogP contribution < -0.4 is 21.1 Å². The fraction of sp³-hybridized carbons (Fsp3) is 0.179. The van der Waals surface area contributed by atoms with Gasteiger partial charge in [-0.25, -0.2) is 0 Å². The summed E-state index contributed by atoms with van der Waals surface area (Å²) >= 11 is 0. The summed E-state index contributed by atoms with van der Waals surface area (Å²) in [6, 6.07) is 42.8. The monoisotopic (exact) mass is 541 g/mol. The topological polar surface area (TPSA) is 14.2 Å². The predicted molar refractivity (Wildman–Crippen MR) is 174 cm³/mol. The summed E-state index contributed by atoms with van der Waals surface area (Å²) in [6.07, 6.45) is 5.81. The molecule has 6 aromatic rings. The van der Waals surface area contributed by atoms with E-state index in [0.29, 0.717) is 0 Å². The number of aryl methyl sites for hydroxylation is 1. The van der Waals surface area contributed by atoms with E-state index < -0.39 is 0 Å². The zero-order valence-corrected chi connectivity index (χ0v) is 23.9. The van der Waals surface area contributed by atoms with Gasteiger partial charge in [-0.3, -0.25) is 0 Å². The number of para-hydroxylation sites is 1. The number of ether oxygens (including phenoxy) is 1. The van der Waals surface area contributed by atoms with Crippen LogP contribution >= 0.6 is 0 Å². The first-order valence-corrected chi connectivity index (χ1v) is 15.5. The molecule has 0 saturated carbocycles. The number of aromatic nitrogens is 1. The minimum absolute atomic E-state index is 0.122. The van der Waals surface area contributed by atoms with E-state index in [1.165, 1.54) is 80.2 Å². The van der Waals surface area contributed by atoms with Crippen LogP contribution in [0.15, 0.2) is 115 Å². The Balaban J connectivity index is 1.31. The Hall–Kier alpha value is -4.50. The zero-order valence-electron chi connectivity index (χ0n) is 23.9. The van der Waals surface area contributed by atoms with Crippen molar-refractivity contribution in [2.75, 3.05) is 0 Å². The van der Waals surface area contributed by atoms with Gasteiger partial charge in [-0.05, 0) is 95.6 Å². The van der Waals surface area contributed by atoms with Crippen LogP contribution in [-0.4, -0.2) is 11.3 Å². The van der Waals surface area contributed by atoms with Crippen molar-refractivity contribution in [1.82, 2.24) is 4.57 Å². The highest BCUT2D eigenvalue weighted by molar-refractivity contribution is 6.98. The summed E-state index contributed by atoms with van der Waals surface area (Å²) in [5, 5.41) is 1.41. The number of hydrogen-bond donors (Lipinski definition) is 0. The second-order valence-corrected chi connectivity index (χ2v) is 12.2. The minimum atomic E-state index is -0.228. The Labute approximate surface area is 247 Å². The molecule has 1 aromatic heterocycles. The van der Waals surface area contributed by atoms with Crippen molar-refractivity contribution in [3.63, 3.8) is 0 Å². The molecule has 202 valence electrons. The van der Waals surface area contributed by atoms with Gasteiger partial charge in [0.2, 0.25) is 0 Å². The number of hydrogen-bond acceptors (Lipinski definition) is 1. The molecule has 1 unspecified atom stereocenters. The number of benzene rings is 5. The lowest BCUT2D eigenvalue weighted by Crippen LogP contribution is -2.63. The Kier molecular flexibility index (Phi) is 5.17. The second-order valence-electron chi connectivity index (χ2n) is 12.2. The Morgan fingerprint density at radius 1 is 0.714 bits per heavy atom. The molecule has 0 radical (unpaired) electrons. The van der Waals surface area contributed by atoms with Crippen LogP contribution in [0.4, 0.5) is 0 Å². The third-order valence-electron chi connectivity index (χ3n) is 10.3. The highest BCUT2D eigenvalue weighted by Gasteiger charge is 2.48. The van der Waals surface area contributed by atoms with Gasteiger partial charge in [-0.1, -0.05) is 97.3 Å². The molecular weight excluding hydrogens is 509 g/mol. The smallest absolute Gasteiger partial charge is 0.251 e. The summed E-state index contributed by atoms with van der Waals surface area (Å²) in [5.74, 6) is 1.96. The summed E-state index contributed by atoms with van der Waals surface area (Å²) in [4.78, 5) is 0. The van der Waals surface area contributed by atoms with Crippen LogP contribution in [0.1, 0.15) is 54.1 Å². The third-order valence-corrected chi connectivity index (χ3v) is 10.3. The van der Waals surface area contributed by atoms with E-state index in [2.05, 4.69) is 127 Å². The Bertz CT molecular complexity index is 2020. The van der Waals surface area contributed by atoms with E-state index in [9.17, 15) is 0 Å². The predicted octanol–water partition coefficient (Wildman–Crippen LogP) is 7.19. The van der Waals surface area contributed by atoms with Crippen LogP contribution in [0.2, 0.25) is 0 Å². The fourth-order valence-electron chi connectivity index (χ4n) is 8.59. The molecule has 1 aliphatic carbocycles. The first kappa shape index (κ1) is 24.1. The molecule has 0 spiro atoms. The standard InChI is InChI=1S/C39H32BNO/c1-2-39(26-13-4-3-5-14-26)30-17-8-9-19-32(30)40-33-25-27(23-24-36(33)42-37-22-12-18-31(39)38(37)40)41-34-20-10-6-15-28(34)29-16-7-11-21-35(29)41/h3-6,8-10,12-15,17-20,22-25H,2,7,11,16,21H2,1H3. The molecule has 42 heavy (non-hydrogen) atoms. The van der Waals surface area contributed by atoms with Crippen molar-refractivity contribution in [3.8, 4) is 17.2 Å². The average Bonchev–Trinajstić information content (AvgIpc) is 3.39. The largest absolute Gasteiger partial charge is 0.458 e. The molecule has 1 atom stereocenters.